The predicted molar refractivity (Wildman–Crippen MR) is 104 cm³/mol. The molecule has 0 unspecified atom stereocenters. The van der Waals surface area contributed by atoms with Gasteiger partial charge < -0.3 is 24.5 Å². The molecule has 0 atom stereocenters. The number of methoxy groups -OCH3 is 3. The number of ether oxygens (including phenoxy) is 3. The van der Waals surface area contributed by atoms with Crippen LogP contribution >= 0.6 is 0 Å². The summed E-state index contributed by atoms with van der Waals surface area (Å²) >= 11 is 0. The van der Waals surface area contributed by atoms with E-state index in [-0.39, 0.29) is 5.91 Å². The van der Waals surface area contributed by atoms with Gasteiger partial charge in [0.1, 0.15) is 5.82 Å². The first-order valence-electron chi connectivity index (χ1n) is 8.57. The lowest BCUT2D eigenvalue weighted by atomic mass is 10.1. The number of carbonyl (C=O) groups excluding carboxylic acids is 1. The summed E-state index contributed by atoms with van der Waals surface area (Å²) < 4.78 is 15.9. The zero-order valence-corrected chi connectivity index (χ0v) is 16.0. The number of fused-ring (bicyclic) bond motifs is 1. The molecule has 7 heteroatoms. The number of benzene rings is 2. The van der Waals surface area contributed by atoms with Crippen LogP contribution in [0, 0.1) is 0 Å². The molecule has 0 fully saturated rings. The third-order valence-corrected chi connectivity index (χ3v) is 4.23. The smallest absolute Gasteiger partial charge is 0.255 e. The average Bonchev–Trinajstić information content (AvgIpc) is 3.10. The zero-order chi connectivity index (χ0) is 19.6. The fourth-order valence-corrected chi connectivity index (χ4v) is 2.80. The first-order valence-corrected chi connectivity index (χ1v) is 8.57. The van der Waals surface area contributed by atoms with E-state index in [4.69, 9.17) is 14.2 Å². The molecule has 0 aliphatic carbocycles. The summed E-state index contributed by atoms with van der Waals surface area (Å²) in [6, 6.07) is 8.79. The van der Waals surface area contributed by atoms with Gasteiger partial charge in [0.05, 0.1) is 32.4 Å². The van der Waals surface area contributed by atoms with E-state index < -0.39 is 0 Å². The molecule has 27 heavy (non-hydrogen) atoms. The van der Waals surface area contributed by atoms with Crippen molar-refractivity contribution in [1.29, 1.82) is 0 Å². The molecule has 1 heterocycles. The molecule has 0 radical (unpaired) electrons. The Kier molecular flexibility index (Phi) is 5.21. The van der Waals surface area contributed by atoms with E-state index in [0.29, 0.717) is 34.4 Å². The molecule has 3 aromatic rings. The van der Waals surface area contributed by atoms with Crippen molar-refractivity contribution in [2.45, 2.75) is 19.8 Å². The second-order valence-corrected chi connectivity index (χ2v) is 6.38. The number of carbonyl (C=O) groups is 1. The molecule has 2 aromatic carbocycles. The van der Waals surface area contributed by atoms with Crippen molar-refractivity contribution in [3.63, 3.8) is 0 Å². The van der Waals surface area contributed by atoms with Gasteiger partial charge in [-0.1, -0.05) is 13.8 Å². The molecule has 0 aliphatic rings. The summed E-state index contributed by atoms with van der Waals surface area (Å²) in [5.74, 6) is 2.22. The van der Waals surface area contributed by atoms with E-state index in [9.17, 15) is 4.79 Å². The topological polar surface area (TPSA) is 85.5 Å². The molecule has 0 bridgehead atoms. The van der Waals surface area contributed by atoms with E-state index >= 15 is 0 Å². The third kappa shape index (κ3) is 3.67. The number of amides is 1. The number of H-pyrrole nitrogens is 1. The molecule has 0 spiro atoms. The average molecular weight is 369 g/mol. The van der Waals surface area contributed by atoms with E-state index in [1.165, 1.54) is 21.3 Å². The van der Waals surface area contributed by atoms with Gasteiger partial charge >= 0.3 is 0 Å². The Morgan fingerprint density at radius 2 is 1.70 bits per heavy atom. The molecule has 1 amide bonds. The van der Waals surface area contributed by atoms with Gasteiger partial charge in [-0.2, -0.15) is 0 Å². The van der Waals surface area contributed by atoms with Gasteiger partial charge in [0.15, 0.2) is 11.5 Å². The monoisotopic (exact) mass is 369 g/mol. The normalized spacial score (nSPS) is 10.9. The van der Waals surface area contributed by atoms with Crippen LogP contribution in [0.5, 0.6) is 17.2 Å². The van der Waals surface area contributed by atoms with Crippen LogP contribution in [0.1, 0.15) is 35.9 Å². The number of hydrogen-bond donors (Lipinski definition) is 2. The maximum absolute atomic E-state index is 12.7. The lowest BCUT2D eigenvalue weighted by Gasteiger charge is -2.14. The van der Waals surface area contributed by atoms with E-state index in [1.807, 2.05) is 18.2 Å². The Hall–Kier alpha value is -3.22. The highest BCUT2D eigenvalue weighted by Crippen LogP contribution is 2.38. The van der Waals surface area contributed by atoms with Crippen molar-refractivity contribution in [1.82, 2.24) is 9.97 Å². The Labute approximate surface area is 157 Å². The highest BCUT2D eigenvalue weighted by Gasteiger charge is 2.17. The van der Waals surface area contributed by atoms with Crippen molar-refractivity contribution in [2.24, 2.45) is 0 Å². The van der Waals surface area contributed by atoms with Gasteiger partial charge in [-0.05, 0) is 30.3 Å². The summed E-state index contributed by atoms with van der Waals surface area (Å²) in [5, 5.41) is 2.89. The number of hydrogen-bond acceptors (Lipinski definition) is 5. The quantitative estimate of drug-likeness (QED) is 0.687. The molecule has 0 saturated carbocycles. The molecule has 0 aliphatic heterocycles. The van der Waals surface area contributed by atoms with Crippen LogP contribution in [-0.2, 0) is 0 Å². The lowest BCUT2D eigenvalue weighted by molar-refractivity contribution is 0.102. The highest BCUT2D eigenvalue weighted by atomic mass is 16.5. The summed E-state index contributed by atoms with van der Waals surface area (Å²) in [4.78, 5) is 20.5. The number of nitrogens with one attached hydrogen (secondary N) is 2. The van der Waals surface area contributed by atoms with Crippen LogP contribution in [0.3, 0.4) is 0 Å². The summed E-state index contributed by atoms with van der Waals surface area (Å²) in [5.41, 5.74) is 2.81. The van der Waals surface area contributed by atoms with Crippen molar-refractivity contribution in [2.75, 3.05) is 26.6 Å². The lowest BCUT2D eigenvalue weighted by Crippen LogP contribution is -2.12. The van der Waals surface area contributed by atoms with Crippen LogP contribution in [0.2, 0.25) is 0 Å². The maximum atomic E-state index is 12.7. The number of anilines is 1. The number of nitrogens with zero attached hydrogens (tertiary/aromatic N) is 1. The molecule has 7 nitrogen and oxygen atoms in total. The molecular weight excluding hydrogens is 346 g/mol. The molecule has 1 aromatic heterocycles. The Bertz CT molecular complexity index is 954. The fourth-order valence-electron chi connectivity index (χ4n) is 2.80. The van der Waals surface area contributed by atoms with Crippen molar-refractivity contribution in [3.05, 3.63) is 41.7 Å². The predicted octanol–water partition coefficient (Wildman–Crippen LogP) is 3.96. The van der Waals surface area contributed by atoms with Gasteiger partial charge in [0.25, 0.3) is 5.91 Å². The van der Waals surface area contributed by atoms with Crippen molar-refractivity contribution >= 4 is 22.6 Å². The number of imidazole rings is 1. The summed E-state index contributed by atoms with van der Waals surface area (Å²) in [7, 11) is 4.54. The Morgan fingerprint density at radius 1 is 1.04 bits per heavy atom. The van der Waals surface area contributed by atoms with E-state index in [1.54, 1.807) is 12.1 Å². The van der Waals surface area contributed by atoms with Crippen molar-refractivity contribution < 1.29 is 19.0 Å². The zero-order valence-electron chi connectivity index (χ0n) is 16.0. The van der Waals surface area contributed by atoms with Crippen molar-refractivity contribution in [3.8, 4) is 17.2 Å². The maximum Gasteiger partial charge on any atom is 0.255 e. The number of aromatic nitrogens is 2. The molecule has 142 valence electrons. The summed E-state index contributed by atoms with van der Waals surface area (Å²) in [6.45, 7) is 4.15. The summed E-state index contributed by atoms with van der Waals surface area (Å²) in [6.07, 6.45) is 0. The van der Waals surface area contributed by atoms with Crippen LogP contribution in [0.4, 0.5) is 5.69 Å². The first-order chi connectivity index (χ1) is 13.0. The largest absolute Gasteiger partial charge is 0.493 e. The van der Waals surface area contributed by atoms with E-state index in [0.717, 1.165) is 16.9 Å². The molecule has 0 saturated heterocycles. The van der Waals surface area contributed by atoms with E-state index in [2.05, 4.69) is 29.1 Å². The minimum absolute atomic E-state index is 0.280. The second kappa shape index (κ2) is 7.57. The Morgan fingerprint density at radius 3 is 2.26 bits per heavy atom. The minimum Gasteiger partial charge on any atom is -0.493 e. The van der Waals surface area contributed by atoms with Crippen LogP contribution in [-0.4, -0.2) is 37.2 Å². The van der Waals surface area contributed by atoms with Crippen LogP contribution in [0.25, 0.3) is 11.0 Å². The van der Waals surface area contributed by atoms with Gasteiger partial charge in [-0.15, -0.1) is 0 Å². The van der Waals surface area contributed by atoms with Gasteiger partial charge in [-0.25, -0.2) is 4.98 Å². The van der Waals surface area contributed by atoms with Crippen LogP contribution in [0.15, 0.2) is 30.3 Å². The molecule has 2 N–H and O–H groups in total. The Balaban J connectivity index is 1.89. The SMILES string of the molecule is COc1cc(C(=O)Nc2ccc3nc(C(C)C)[nH]c3c2)cc(OC)c1OC. The standard InChI is InChI=1S/C20H23N3O4/c1-11(2)19-22-14-7-6-13(10-15(14)23-19)21-20(24)12-8-16(25-3)18(27-5)17(9-12)26-4/h6-11H,1-5H3,(H,21,24)(H,22,23). The van der Waals surface area contributed by atoms with Gasteiger partial charge in [-0.3, -0.25) is 4.79 Å². The minimum atomic E-state index is -0.280. The van der Waals surface area contributed by atoms with Gasteiger partial charge in [0.2, 0.25) is 5.75 Å². The second-order valence-electron chi connectivity index (χ2n) is 6.38. The first kappa shape index (κ1) is 18.6. The number of rotatable bonds is 6. The third-order valence-electron chi connectivity index (χ3n) is 4.23. The molecule has 3 rings (SSSR count). The van der Waals surface area contributed by atoms with Crippen LogP contribution < -0.4 is 19.5 Å². The number of aromatic amines is 1. The fraction of sp³-hybridized carbons (Fsp3) is 0.300. The highest BCUT2D eigenvalue weighted by molar-refractivity contribution is 6.05. The molecular formula is C20H23N3O4. The van der Waals surface area contributed by atoms with Gasteiger partial charge in [0, 0.05) is 17.2 Å².